The molecule has 0 saturated carbocycles. The standard InChI is InChI=1S/C35H56O5/c1-3-5-7-9-11-12-13-14-15-16-17-18-19-20-21-22-24-25-27-29-34(37)39-32-33(31-36)40-35(38)30-28-26-23-10-8-6-4-2/h5,7,11-12,14-15,17-18,20-21,24-25,33,36H,3-4,6,8-10,13,16,19,22-23,26-32H2,1-2H3/b7-5+,12-11+,15-14+,18-17+,21-20+,25-24+/t33-/m0/s1. The first-order valence-corrected chi connectivity index (χ1v) is 15.5. The van der Waals surface area contributed by atoms with Crippen molar-refractivity contribution >= 4 is 11.9 Å². The molecule has 40 heavy (non-hydrogen) atoms. The number of ether oxygens (including phenoxy) is 2. The van der Waals surface area contributed by atoms with Crippen LogP contribution in [0.2, 0.25) is 0 Å². The zero-order chi connectivity index (χ0) is 29.4. The van der Waals surface area contributed by atoms with Crippen LogP contribution in [0.15, 0.2) is 72.9 Å². The van der Waals surface area contributed by atoms with Gasteiger partial charge in [-0.15, -0.1) is 0 Å². The lowest BCUT2D eigenvalue weighted by molar-refractivity contribution is -0.161. The summed E-state index contributed by atoms with van der Waals surface area (Å²) in [6.07, 6.45) is 39.8. The van der Waals surface area contributed by atoms with Crippen LogP contribution in [0.5, 0.6) is 0 Å². The average molecular weight is 557 g/mol. The van der Waals surface area contributed by atoms with E-state index in [4.69, 9.17) is 9.47 Å². The molecule has 0 fully saturated rings. The summed E-state index contributed by atoms with van der Waals surface area (Å²) >= 11 is 0. The van der Waals surface area contributed by atoms with Crippen LogP contribution >= 0.6 is 0 Å². The molecule has 0 radical (unpaired) electrons. The van der Waals surface area contributed by atoms with E-state index in [1.807, 2.05) is 12.2 Å². The van der Waals surface area contributed by atoms with Crippen molar-refractivity contribution in [1.82, 2.24) is 0 Å². The van der Waals surface area contributed by atoms with Crippen molar-refractivity contribution in [3.63, 3.8) is 0 Å². The summed E-state index contributed by atoms with van der Waals surface area (Å²) in [6.45, 7) is 3.87. The van der Waals surface area contributed by atoms with E-state index in [9.17, 15) is 14.7 Å². The quantitative estimate of drug-likeness (QED) is 0.0653. The fraction of sp³-hybridized carbons (Fsp3) is 0.600. The maximum Gasteiger partial charge on any atom is 0.306 e. The van der Waals surface area contributed by atoms with E-state index in [-0.39, 0.29) is 31.6 Å². The number of aliphatic hydroxyl groups is 1. The van der Waals surface area contributed by atoms with Gasteiger partial charge in [-0.05, 0) is 51.4 Å². The fourth-order valence-corrected chi connectivity index (χ4v) is 3.69. The van der Waals surface area contributed by atoms with Crippen molar-refractivity contribution in [2.24, 2.45) is 0 Å². The summed E-state index contributed by atoms with van der Waals surface area (Å²) < 4.78 is 10.4. The van der Waals surface area contributed by atoms with Crippen molar-refractivity contribution in [3.05, 3.63) is 72.9 Å². The largest absolute Gasteiger partial charge is 0.462 e. The van der Waals surface area contributed by atoms with Crippen LogP contribution in [0.1, 0.15) is 117 Å². The molecule has 0 rings (SSSR count). The molecule has 0 saturated heterocycles. The SMILES string of the molecule is CC/C=C/C/C=C/C/C=C/C/C=C/C/C=C/C/C=C/CCC(=O)OC[C@H](CO)OC(=O)CCCCCCCCC. The van der Waals surface area contributed by atoms with E-state index in [0.717, 1.165) is 57.8 Å². The van der Waals surface area contributed by atoms with Crippen molar-refractivity contribution in [2.75, 3.05) is 13.2 Å². The van der Waals surface area contributed by atoms with Crippen LogP contribution in [-0.4, -0.2) is 36.4 Å². The van der Waals surface area contributed by atoms with Gasteiger partial charge in [0.2, 0.25) is 0 Å². The zero-order valence-corrected chi connectivity index (χ0v) is 25.3. The highest BCUT2D eigenvalue weighted by Gasteiger charge is 2.15. The highest BCUT2D eigenvalue weighted by molar-refractivity contribution is 5.70. The minimum atomic E-state index is -0.799. The average Bonchev–Trinajstić information content (AvgIpc) is 2.95. The van der Waals surface area contributed by atoms with Gasteiger partial charge in [0.25, 0.3) is 0 Å². The maximum atomic E-state index is 12.0. The molecular formula is C35H56O5. The molecule has 0 aromatic heterocycles. The topological polar surface area (TPSA) is 72.8 Å². The van der Waals surface area contributed by atoms with E-state index < -0.39 is 6.10 Å². The Morgan fingerprint density at radius 1 is 0.600 bits per heavy atom. The summed E-state index contributed by atoms with van der Waals surface area (Å²) in [5.74, 6) is -0.706. The summed E-state index contributed by atoms with van der Waals surface area (Å²) in [4.78, 5) is 23.9. The van der Waals surface area contributed by atoms with Crippen molar-refractivity contribution < 1.29 is 24.2 Å². The Balaban J connectivity index is 3.78. The first-order valence-electron chi connectivity index (χ1n) is 15.5. The molecule has 5 heteroatoms. The van der Waals surface area contributed by atoms with Crippen LogP contribution < -0.4 is 0 Å². The molecule has 0 amide bonds. The molecule has 0 aromatic rings. The molecule has 5 nitrogen and oxygen atoms in total. The van der Waals surface area contributed by atoms with Gasteiger partial charge in [-0.3, -0.25) is 9.59 Å². The highest BCUT2D eigenvalue weighted by Crippen LogP contribution is 2.09. The Morgan fingerprint density at radius 3 is 1.57 bits per heavy atom. The van der Waals surface area contributed by atoms with Gasteiger partial charge in [-0.1, -0.05) is 125 Å². The first kappa shape index (κ1) is 37.3. The molecule has 0 heterocycles. The lowest BCUT2D eigenvalue weighted by Gasteiger charge is -2.15. The third-order valence-electron chi connectivity index (χ3n) is 6.03. The van der Waals surface area contributed by atoms with Crippen LogP contribution in [0.25, 0.3) is 0 Å². The Labute approximate surface area is 244 Å². The monoisotopic (exact) mass is 556 g/mol. The van der Waals surface area contributed by atoms with Gasteiger partial charge in [0.15, 0.2) is 6.10 Å². The van der Waals surface area contributed by atoms with Crippen LogP contribution in [0.4, 0.5) is 0 Å². The number of carbonyl (C=O) groups is 2. The highest BCUT2D eigenvalue weighted by atomic mass is 16.6. The minimum Gasteiger partial charge on any atom is -0.462 e. The van der Waals surface area contributed by atoms with Crippen molar-refractivity contribution in [1.29, 1.82) is 0 Å². The van der Waals surface area contributed by atoms with Crippen molar-refractivity contribution in [3.8, 4) is 0 Å². The number of aliphatic hydroxyl groups excluding tert-OH is 1. The van der Waals surface area contributed by atoms with Crippen LogP contribution in [0, 0.1) is 0 Å². The van der Waals surface area contributed by atoms with E-state index in [0.29, 0.717) is 12.8 Å². The summed E-state index contributed by atoms with van der Waals surface area (Å²) in [7, 11) is 0. The minimum absolute atomic E-state index is 0.109. The van der Waals surface area contributed by atoms with Gasteiger partial charge in [0.05, 0.1) is 6.61 Å². The smallest absolute Gasteiger partial charge is 0.306 e. The van der Waals surface area contributed by atoms with E-state index >= 15 is 0 Å². The number of hydrogen-bond donors (Lipinski definition) is 1. The summed E-state index contributed by atoms with van der Waals surface area (Å²) in [5.41, 5.74) is 0. The number of hydrogen-bond acceptors (Lipinski definition) is 5. The molecule has 0 aromatic carbocycles. The Hall–Kier alpha value is -2.66. The molecule has 0 aliphatic carbocycles. The second-order valence-corrected chi connectivity index (χ2v) is 9.80. The predicted octanol–water partition coefficient (Wildman–Crippen LogP) is 9.05. The number of carbonyl (C=O) groups excluding carboxylic acids is 2. The van der Waals surface area contributed by atoms with E-state index in [1.54, 1.807) is 0 Å². The van der Waals surface area contributed by atoms with Crippen LogP contribution in [-0.2, 0) is 19.1 Å². The number of esters is 2. The number of unbranched alkanes of at least 4 members (excludes halogenated alkanes) is 6. The van der Waals surface area contributed by atoms with E-state index in [2.05, 4.69) is 74.6 Å². The van der Waals surface area contributed by atoms with Gasteiger partial charge in [0.1, 0.15) is 6.61 Å². The van der Waals surface area contributed by atoms with Gasteiger partial charge in [0, 0.05) is 12.8 Å². The summed E-state index contributed by atoms with van der Waals surface area (Å²) in [6, 6.07) is 0. The Kier molecular flexibility index (Phi) is 28.8. The number of rotatable bonds is 26. The van der Waals surface area contributed by atoms with Gasteiger partial charge in [-0.25, -0.2) is 0 Å². The molecule has 0 aliphatic rings. The zero-order valence-electron chi connectivity index (χ0n) is 25.3. The van der Waals surface area contributed by atoms with Gasteiger partial charge >= 0.3 is 11.9 Å². The fourth-order valence-electron chi connectivity index (χ4n) is 3.69. The predicted molar refractivity (Wildman–Crippen MR) is 168 cm³/mol. The summed E-state index contributed by atoms with van der Waals surface area (Å²) in [5, 5.41) is 9.43. The molecule has 0 bridgehead atoms. The molecule has 1 atom stereocenters. The Morgan fingerprint density at radius 2 is 1.07 bits per heavy atom. The lowest BCUT2D eigenvalue weighted by atomic mass is 10.1. The second-order valence-electron chi connectivity index (χ2n) is 9.80. The third kappa shape index (κ3) is 28.4. The van der Waals surface area contributed by atoms with Gasteiger partial charge < -0.3 is 14.6 Å². The lowest BCUT2D eigenvalue weighted by Crippen LogP contribution is -2.28. The molecule has 0 aliphatic heterocycles. The Bertz CT molecular complexity index is 773. The normalized spacial score (nSPS) is 13.2. The molecule has 1 N–H and O–H groups in total. The van der Waals surface area contributed by atoms with Gasteiger partial charge in [-0.2, -0.15) is 0 Å². The number of allylic oxidation sites excluding steroid dienone is 12. The molecule has 0 spiro atoms. The maximum absolute atomic E-state index is 12.0. The molecule has 226 valence electrons. The molecular weight excluding hydrogens is 500 g/mol. The first-order chi connectivity index (χ1) is 19.6. The van der Waals surface area contributed by atoms with Crippen LogP contribution in [0.3, 0.4) is 0 Å². The third-order valence-corrected chi connectivity index (χ3v) is 6.03. The van der Waals surface area contributed by atoms with E-state index in [1.165, 1.54) is 25.7 Å². The second kappa shape index (κ2) is 30.9. The van der Waals surface area contributed by atoms with Crippen molar-refractivity contribution in [2.45, 2.75) is 123 Å². The molecule has 0 unspecified atom stereocenters.